The van der Waals surface area contributed by atoms with Gasteiger partial charge in [-0.3, -0.25) is 5.32 Å². The molecular formula is C16H17N5OS. The zero-order valence-electron chi connectivity index (χ0n) is 13.4. The topological polar surface area (TPSA) is 68.2 Å². The van der Waals surface area contributed by atoms with Crippen LogP contribution in [-0.4, -0.2) is 19.6 Å². The van der Waals surface area contributed by atoms with Gasteiger partial charge in [-0.2, -0.15) is 9.97 Å². The highest BCUT2D eigenvalue weighted by Gasteiger charge is 2.13. The van der Waals surface area contributed by atoms with Crippen molar-refractivity contribution in [2.75, 3.05) is 5.32 Å². The number of rotatable bonds is 3. The Labute approximate surface area is 137 Å². The number of aryl methyl sites for hydroxylation is 2. The standard InChI is InChI=1S/C16H17N5OS/c1-8(2)11-5-6-13-12(7-11)17-15(22-13)18-14-19-16-21(20-14)9(3)10(4)23-16/h5-8H,1-4H3,(H,17,18,20). The van der Waals surface area contributed by atoms with E-state index in [0.29, 0.717) is 17.9 Å². The zero-order chi connectivity index (χ0) is 16.1. The van der Waals surface area contributed by atoms with Crippen LogP contribution in [-0.2, 0) is 0 Å². The summed E-state index contributed by atoms with van der Waals surface area (Å²) in [6.07, 6.45) is 0. The first kappa shape index (κ1) is 14.2. The molecule has 3 heterocycles. The molecule has 0 atom stereocenters. The summed E-state index contributed by atoms with van der Waals surface area (Å²) in [5, 5.41) is 7.50. The highest BCUT2D eigenvalue weighted by molar-refractivity contribution is 7.17. The van der Waals surface area contributed by atoms with E-state index in [1.54, 1.807) is 11.3 Å². The van der Waals surface area contributed by atoms with E-state index in [9.17, 15) is 0 Å². The lowest BCUT2D eigenvalue weighted by atomic mass is 10.0. The molecule has 0 unspecified atom stereocenters. The number of fused-ring (bicyclic) bond motifs is 2. The van der Waals surface area contributed by atoms with Crippen LogP contribution in [0.5, 0.6) is 0 Å². The van der Waals surface area contributed by atoms with Gasteiger partial charge in [-0.1, -0.05) is 31.3 Å². The van der Waals surface area contributed by atoms with Gasteiger partial charge in [0.25, 0.3) is 5.95 Å². The molecule has 0 amide bonds. The minimum Gasteiger partial charge on any atom is -0.423 e. The molecule has 0 spiro atoms. The van der Waals surface area contributed by atoms with E-state index in [0.717, 1.165) is 21.8 Å². The van der Waals surface area contributed by atoms with E-state index in [4.69, 9.17) is 4.42 Å². The zero-order valence-corrected chi connectivity index (χ0v) is 14.2. The van der Waals surface area contributed by atoms with Crippen molar-refractivity contribution in [3.8, 4) is 0 Å². The van der Waals surface area contributed by atoms with Crippen molar-refractivity contribution in [3.05, 3.63) is 34.3 Å². The van der Waals surface area contributed by atoms with Crippen molar-refractivity contribution < 1.29 is 4.42 Å². The molecule has 23 heavy (non-hydrogen) atoms. The molecule has 7 heteroatoms. The molecule has 118 valence electrons. The maximum atomic E-state index is 5.73. The first-order valence-electron chi connectivity index (χ1n) is 7.51. The summed E-state index contributed by atoms with van der Waals surface area (Å²) in [4.78, 5) is 11.0. The van der Waals surface area contributed by atoms with Gasteiger partial charge in [0.2, 0.25) is 4.96 Å². The number of anilines is 2. The quantitative estimate of drug-likeness (QED) is 0.603. The van der Waals surface area contributed by atoms with Crippen molar-refractivity contribution >= 4 is 39.4 Å². The van der Waals surface area contributed by atoms with Crippen molar-refractivity contribution in [2.24, 2.45) is 0 Å². The van der Waals surface area contributed by atoms with Gasteiger partial charge in [-0.25, -0.2) is 4.52 Å². The molecule has 0 aliphatic carbocycles. The fourth-order valence-electron chi connectivity index (χ4n) is 2.45. The second kappa shape index (κ2) is 5.06. The Balaban J connectivity index is 1.68. The molecule has 4 aromatic rings. The van der Waals surface area contributed by atoms with Crippen LogP contribution in [0.4, 0.5) is 12.0 Å². The third-order valence-corrected chi connectivity index (χ3v) is 4.99. The van der Waals surface area contributed by atoms with Gasteiger partial charge in [-0.05, 0) is 37.5 Å². The molecule has 0 saturated heterocycles. The van der Waals surface area contributed by atoms with Crippen LogP contribution in [0.25, 0.3) is 16.1 Å². The number of nitrogens with zero attached hydrogens (tertiary/aromatic N) is 4. The van der Waals surface area contributed by atoms with Gasteiger partial charge >= 0.3 is 6.01 Å². The minimum absolute atomic E-state index is 0.411. The number of benzene rings is 1. The van der Waals surface area contributed by atoms with Crippen LogP contribution in [0.1, 0.15) is 35.9 Å². The average Bonchev–Trinajstić information content (AvgIpc) is 3.14. The molecule has 1 N–H and O–H groups in total. The average molecular weight is 327 g/mol. The highest BCUT2D eigenvalue weighted by Crippen LogP contribution is 2.26. The summed E-state index contributed by atoms with van der Waals surface area (Å²) < 4.78 is 7.56. The van der Waals surface area contributed by atoms with Gasteiger partial charge in [0.05, 0.1) is 5.69 Å². The summed E-state index contributed by atoms with van der Waals surface area (Å²) in [6, 6.07) is 6.49. The smallest absolute Gasteiger partial charge is 0.302 e. The number of hydrogen-bond acceptors (Lipinski definition) is 6. The highest BCUT2D eigenvalue weighted by atomic mass is 32.1. The SMILES string of the molecule is Cc1sc2nc(Nc3nc4cc(C(C)C)ccc4o3)nn2c1C. The van der Waals surface area contributed by atoms with Gasteiger partial charge in [0.1, 0.15) is 5.52 Å². The van der Waals surface area contributed by atoms with Crippen LogP contribution >= 0.6 is 11.3 Å². The lowest BCUT2D eigenvalue weighted by Gasteiger charge is -2.02. The van der Waals surface area contributed by atoms with E-state index < -0.39 is 0 Å². The molecular weight excluding hydrogens is 310 g/mol. The number of thiazole rings is 1. The third-order valence-electron chi connectivity index (χ3n) is 3.95. The Kier molecular flexibility index (Phi) is 3.12. The van der Waals surface area contributed by atoms with Crippen molar-refractivity contribution in [2.45, 2.75) is 33.6 Å². The van der Waals surface area contributed by atoms with E-state index in [1.807, 2.05) is 17.5 Å². The van der Waals surface area contributed by atoms with E-state index in [1.165, 1.54) is 10.4 Å². The molecule has 6 nitrogen and oxygen atoms in total. The van der Waals surface area contributed by atoms with Gasteiger partial charge in [0, 0.05) is 4.88 Å². The molecule has 0 aliphatic heterocycles. The summed E-state index contributed by atoms with van der Waals surface area (Å²) in [7, 11) is 0. The van der Waals surface area contributed by atoms with Crippen molar-refractivity contribution in [3.63, 3.8) is 0 Å². The molecule has 0 aliphatic rings. The normalized spacial score (nSPS) is 11.9. The van der Waals surface area contributed by atoms with Gasteiger partial charge in [-0.15, -0.1) is 5.10 Å². The van der Waals surface area contributed by atoms with E-state index in [2.05, 4.69) is 53.3 Å². The van der Waals surface area contributed by atoms with Crippen LogP contribution < -0.4 is 5.32 Å². The molecule has 4 rings (SSSR count). The number of aromatic nitrogens is 4. The first-order chi connectivity index (χ1) is 11.0. The Morgan fingerprint density at radius 2 is 2.04 bits per heavy atom. The molecule has 0 radical (unpaired) electrons. The Hall–Kier alpha value is -2.41. The van der Waals surface area contributed by atoms with Gasteiger partial charge in [0.15, 0.2) is 5.58 Å². The molecule has 3 aromatic heterocycles. The summed E-state index contributed by atoms with van der Waals surface area (Å²) in [6.45, 7) is 8.42. The third kappa shape index (κ3) is 2.37. The molecule has 0 saturated carbocycles. The predicted molar refractivity (Wildman–Crippen MR) is 91.7 cm³/mol. The monoisotopic (exact) mass is 327 g/mol. The maximum absolute atomic E-state index is 5.73. The van der Waals surface area contributed by atoms with Crippen LogP contribution in [0.3, 0.4) is 0 Å². The van der Waals surface area contributed by atoms with E-state index in [-0.39, 0.29) is 0 Å². The number of nitrogens with one attached hydrogen (secondary N) is 1. The Morgan fingerprint density at radius 3 is 2.78 bits per heavy atom. The lowest BCUT2D eigenvalue weighted by molar-refractivity contribution is 0.621. The van der Waals surface area contributed by atoms with E-state index >= 15 is 0 Å². The number of hydrogen-bond donors (Lipinski definition) is 1. The van der Waals surface area contributed by atoms with Crippen LogP contribution in [0.2, 0.25) is 0 Å². The second-order valence-corrected chi connectivity index (χ2v) is 7.08. The minimum atomic E-state index is 0.411. The fraction of sp³-hybridized carbons (Fsp3) is 0.312. The van der Waals surface area contributed by atoms with Gasteiger partial charge < -0.3 is 4.42 Å². The predicted octanol–water partition coefficient (Wildman–Crippen LogP) is 4.42. The molecule has 0 bridgehead atoms. The largest absolute Gasteiger partial charge is 0.423 e. The van der Waals surface area contributed by atoms with Crippen LogP contribution in [0, 0.1) is 13.8 Å². The second-order valence-electron chi connectivity index (χ2n) is 5.90. The summed E-state index contributed by atoms with van der Waals surface area (Å²) >= 11 is 1.62. The fourth-order valence-corrected chi connectivity index (χ4v) is 3.35. The maximum Gasteiger partial charge on any atom is 0.302 e. The lowest BCUT2D eigenvalue weighted by Crippen LogP contribution is -1.94. The number of oxazole rings is 1. The molecule has 1 aromatic carbocycles. The van der Waals surface area contributed by atoms with Crippen molar-refractivity contribution in [1.82, 2.24) is 19.6 Å². The summed E-state index contributed by atoms with van der Waals surface area (Å²) in [5.74, 6) is 0.954. The summed E-state index contributed by atoms with van der Waals surface area (Å²) in [5.41, 5.74) is 3.94. The Bertz CT molecular complexity index is 1010. The van der Waals surface area contributed by atoms with Crippen molar-refractivity contribution in [1.29, 1.82) is 0 Å². The first-order valence-corrected chi connectivity index (χ1v) is 8.33. The Morgan fingerprint density at radius 1 is 1.22 bits per heavy atom. The van der Waals surface area contributed by atoms with Crippen LogP contribution in [0.15, 0.2) is 22.6 Å². The molecule has 0 fully saturated rings.